The molecule has 1 amide bonds. The molecular weight excluding hydrogens is 296 g/mol. The SMILES string of the molecule is O=C(NCc1cscn1)c1ccsc1Br. The van der Waals surface area contributed by atoms with Crippen molar-refractivity contribution < 1.29 is 4.79 Å². The molecule has 0 aliphatic heterocycles. The van der Waals surface area contributed by atoms with E-state index in [1.54, 1.807) is 11.6 Å². The number of amides is 1. The van der Waals surface area contributed by atoms with Crippen LogP contribution in [0.3, 0.4) is 0 Å². The van der Waals surface area contributed by atoms with Crippen molar-refractivity contribution in [2.75, 3.05) is 0 Å². The van der Waals surface area contributed by atoms with Crippen molar-refractivity contribution in [1.29, 1.82) is 0 Å². The Balaban J connectivity index is 1.96. The Morgan fingerprint density at radius 2 is 2.47 bits per heavy atom. The lowest BCUT2D eigenvalue weighted by atomic mass is 10.3. The second-order valence-electron chi connectivity index (χ2n) is 2.77. The molecule has 0 spiro atoms. The third-order valence-electron chi connectivity index (χ3n) is 1.78. The molecule has 0 saturated carbocycles. The van der Waals surface area contributed by atoms with Crippen LogP contribution in [0.4, 0.5) is 0 Å². The van der Waals surface area contributed by atoms with E-state index in [-0.39, 0.29) is 5.91 Å². The molecule has 0 bridgehead atoms. The van der Waals surface area contributed by atoms with Crippen molar-refractivity contribution in [3.63, 3.8) is 0 Å². The summed E-state index contributed by atoms with van der Waals surface area (Å²) in [6, 6.07) is 1.80. The number of rotatable bonds is 3. The predicted molar refractivity (Wildman–Crippen MR) is 65.3 cm³/mol. The van der Waals surface area contributed by atoms with Gasteiger partial charge in [-0.25, -0.2) is 4.98 Å². The molecule has 0 saturated heterocycles. The van der Waals surface area contributed by atoms with Gasteiger partial charge in [-0.1, -0.05) is 0 Å². The van der Waals surface area contributed by atoms with Crippen LogP contribution in [0.5, 0.6) is 0 Å². The summed E-state index contributed by atoms with van der Waals surface area (Å²) in [4.78, 5) is 15.7. The van der Waals surface area contributed by atoms with Gasteiger partial charge in [-0.15, -0.1) is 22.7 Å². The summed E-state index contributed by atoms with van der Waals surface area (Å²) >= 11 is 6.35. The fourth-order valence-electron chi connectivity index (χ4n) is 1.05. The highest BCUT2D eigenvalue weighted by Crippen LogP contribution is 2.23. The molecule has 6 heteroatoms. The molecule has 0 fully saturated rings. The molecule has 0 unspecified atom stereocenters. The van der Waals surface area contributed by atoms with Crippen LogP contribution in [0, 0.1) is 0 Å². The molecule has 0 atom stereocenters. The van der Waals surface area contributed by atoms with E-state index >= 15 is 0 Å². The zero-order valence-corrected chi connectivity index (χ0v) is 10.8. The van der Waals surface area contributed by atoms with Crippen LogP contribution in [0.25, 0.3) is 0 Å². The molecule has 78 valence electrons. The first-order valence-corrected chi connectivity index (χ1v) is 6.77. The molecule has 1 N–H and O–H groups in total. The summed E-state index contributed by atoms with van der Waals surface area (Å²) in [6.45, 7) is 0.477. The average Bonchev–Trinajstić information content (AvgIpc) is 2.84. The fraction of sp³-hybridized carbons (Fsp3) is 0.111. The number of thiazole rings is 1. The predicted octanol–water partition coefficient (Wildman–Crippen LogP) is 2.90. The smallest absolute Gasteiger partial charge is 0.253 e. The summed E-state index contributed by atoms with van der Waals surface area (Å²) in [5.41, 5.74) is 3.32. The third kappa shape index (κ3) is 2.64. The van der Waals surface area contributed by atoms with Gasteiger partial charge in [0.1, 0.15) is 0 Å². The molecule has 2 aromatic heterocycles. The maximum Gasteiger partial charge on any atom is 0.253 e. The molecule has 2 heterocycles. The maximum absolute atomic E-state index is 11.7. The minimum absolute atomic E-state index is 0.0730. The van der Waals surface area contributed by atoms with Crippen LogP contribution in [0.15, 0.2) is 26.1 Å². The van der Waals surface area contributed by atoms with Crippen molar-refractivity contribution in [1.82, 2.24) is 10.3 Å². The van der Waals surface area contributed by atoms with Crippen LogP contribution >= 0.6 is 38.6 Å². The van der Waals surface area contributed by atoms with Gasteiger partial charge in [0.05, 0.1) is 27.1 Å². The highest BCUT2D eigenvalue weighted by molar-refractivity contribution is 9.11. The Kier molecular flexibility index (Phi) is 3.50. The summed E-state index contributed by atoms with van der Waals surface area (Å²) in [5.74, 6) is -0.0730. The first-order valence-electron chi connectivity index (χ1n) is 4.15. The zero-order valence-electron chi connectivity index (χ0n) is 7.57. The summed E-state index contributed by atoms with van der Waals surface area (Å²) in [7, 11) is 0. The minimum Gasteiger partial charge on any atom is -0.346 e. The molecule has 2 rings (SSSR count). The van der Waals surface area contributed by atoms with E-state index in [2.05, 4.69) is 26.2 Å². The van der Waals surface area contributed by atoms with Gasteiger partial charge in [-0.05, 0) is 27.4 Å². The maximum atomic E-state index is 11.7. The first kappa shape index (κ1) is 10.8. The monoisotopic (exact) mass is 302 g/mol. The van der Waals surface area contributed by atoms with Gasteiger partial charge in [0.15, 0.2) is 0 Å². The Bertz CT molecular complexity index is 452. The second-order valence-corrected chi connectivity index (χ2v) is 5.72. The van der Waals surface area contributed by atoms with Gasteiger partial charge >= 0.3 is 0 Å². The van der Waals surface area contributed by atoms with Crippen LogP contribution in [-0.4, -0.2) is 10.9 Å². The zero-order chi connectivity index (χ0) is 10.7. The summed E-state index contributed by atoms with van der Waals surface area (Å²) in [6.07, 6.45) is 0. The number of halogens is 1. The van der Waals surface area contributed by atoms with Crippen molar-refractivity contribution in [3.05, 3.63) is 37.4 Å². The van der Waals surface area contributed by atoms with Gasteiger partial charge in [0.2, 0.25) is 0 Å². The number of carbonyl (C=O) groups excluding carboxylic acids is 1. The number of thiophene rings is 1. The van der Waals surface area contributed by atoms with Crippen molar-refractivity contribution in [2.45, 2.75) is 6.54 Å². The number of carbonyl (C=O) groups is 1. The quantitative estimate of drug-likeness (QED) is 0.947. The second kappa shape index (κ2) is 4.87. The average molecular weight is 303 g/mol. The van der Waals surface area contributed by atoms with Crippen LogP contribution in [0.1, 0.15) is 16.1 Å². The lowest BCUT2D eigenvalue weighted by Crippen LogP contribution is -2.22. The number of hydrogen-bond acceptors (Lipinski definition) is 4. The first-order chi connectivity index (χ1) is 7.27. The summed E-state index contributed by atoms with van der Waals surface area (Å²) < 4.78 is 0.860. The van der Waals surface area contributed by atoms with Crippen molar-refractivity contribution in [2.24, 2.45) is 0 Å². The largest absolute Gasteiger partial charge is 0.346 e. The van der Waals surface area contributed by atoms with Crippen molar-refractivity contribution >= 4 is 44.5 Å². The molecule has 15 heavy (non-hydrogen) atoms. The molecule has 0 aliphatic carbocycles. The molecule has 0 radical (unpaired) electrons. The van der Waals surface area contributed by atoms with Gasteiger partial charge in [-0.3, -0.25) is 4.79 Å². The van der Waals surface area contributed by atoms with E-state index in [1.165, 1.54) is 22.7 Å². The van der Waals surface area contributed by atoms with Crippen LogP contribution in [0.2, 0.25) is 0 Å². The van der Waals surface area contributed by atoms with E-state index < -0.39 is 0 Å². The highest BCUT2D eigenvalue weighted by atomic mass is 79.9. The van der Waals surface area contributed by atoms with Crippen LogP contribution in [-0.2, 0) is 6.54 Å². The highest BCUT2D eigenvalue weighted by Gasteiger charge is 2.10. The van der Waals surface area contributed by atoms with E-state index in [0.29, 0.717) is 12.1 Å². The molecular formula is C9H7BrN2OS2. The van der Waals surface area contributed by atoms with Gasteiger partial charge < -0.3 is 5.32 Å². The Morgan fingerprint density at radius 1 is 1.60 bits per heavy atom. The number of aromatic nitrogens is 1. The van der Waals surface area contributed by atoms with E-state index in [4.69, 9.17) is 0 Å². The molecule has 0 aliphatic rings. The normalized spacial score (nSPS) is 10.2. The van der Waals surface area contributed by atoms with Gasteiger partial charge in [-0.2, -0.15) is 0 Å². The standard InChI is InChI=1S/C9H7BrN2OS2/c10-8-7(1-2-15-8)9(13)11-3-6-4-14-5-12-6/h1-2,4-5H,3H2,(H,11,13). The number of hydrogen-bond donors (Lipinski definition) is 1. The fourth-order valence-corrected chi connectivity index (χ4v) is 2.85. The Hall–Kier alpha value is -0.720. The lowest BCUT2D eigenvalue weighted by molar-refractivity contribution is 0.0950. The van der Waals surface area contributed by atoms with Crippen molar-refractivity contribution in [3.8, 4) is 0 Å². The molecule has 2 aromatic rings. The topological polar surface area (TPSA) is 42.0 Å². The van der Waals surface area contributed by atoms with Crippen LogP contribution < -0.4 is 5.32 Å². The summed E-state index contributed by atoms with van der Waals surface area (Å²) in [5, 5.41) is 6.61. The van der Waals surface area contributed by atoms with E-state index in [9.17, 15) is 4.79 Å². The van der Waals surface area contributed by atoms with Gasteiger partial charge in [0.25, 0.3) is 5.91 Å². The van der Waals surface area contributed by atoms with Gasteiger partial charge in [0, 0.05) is 5.38 Å². The van der Waals surface area contributed by atoms with E-state index in [0.717, 1.165) is 9.48 Å². The molecule has 3 nitrogen and oxygen atoms in total. The minimum atomic E-state index is -0.0730. The Morgan fingerprint density at radius 3 is 3.07 bits per heavy atom. The third-order valence-corrected chi connectivity index (χ3v) is 4.10. The van der Waals surface area contributed by atoms with E-state index in [1.807, 2.05) is 10.8 Å². The lowest BCUT2D eigenvalue weighted by Gasteiger charge is -2.01. The number of nitrogens with one attached hydrogen (secondary N) is 1. The molecule has 0 aromatic carbocycles. The number of nitrogens with zero attached hydrogens (tertiary/aromatic N) is 1. The Labute approximate surface area is 103 Å².